The first-order valence-electron chi connectivity index (χ1n) is 20.5. The van der Waals surface area contributed by atoms with Crippen molar-refractivity contribution in [2.24, 2.45) is 0 Å². The van der Waals surface area contributed by atoms with Gasteiger partial charge in [0.15, 0.2) is 6.10 Å². The Bertz CT molecular complexity index is 933. The lowest BCUT2D eigenvalue weighted by Gasteiger charge is -2.28. The van der Waals surface area contributed by atoms with Crippen LogP contribution in [0.3, 0.4) is 0 Å². The number of phosphoric ester groups is 1. The van der Waals surface area contributed by atoms with Crippen LogP contribution < -0.4 is 4.89 Å². The number of hydrogen-bond acceptors (Lipinski definition) is 8. The lowest BCUT2D eigenvalue weighted by Crippen LogP contribution is -2.37. The molecule has 0 rings (SSSR count). The summed E-state index contributed by atoms with van der Waals surface area (Å²) in [5.41, 5.74) is 0. The van der Waals surface area contributed by atoms with Crippen molar-refractivity contribution in [3.05, 3.63) is 24.3 Å². The summed E-state index contributed by atoms with van der Waals surface area (Å²) in [6.45, 7) is 4.14. The molecule has 0 saturated heterocycles. The smallest absolute Gasteiger partial charge is 0.306 e. The van der Waals surface area contributed by atoms with E-state index in [4.69, 9.17) is 18.5 Å². The van der Waals surface area contributed by atoms with E-state index in [2.05, 4.69) is 38.2 Å². The van der Waals surface area contributed by atoms with Crippen molar-refractivity contribution in [2.45, 2.75) is 180 Å². The van der Waals surface area contributed by atoms with Gasteiger partial charge in [-0.2, -0.15) is 0 Å². The number of hydrogen-bond donors (Lipinski definition) is 0. The van der Waals surface area contributed by atoms with Crippen molar-refractivity contribution in [2.75, 3.05) is 47.5 Å². The third-order valence-corrected chi connectivity index (χ3v) is 9.67. The molecule has 2 atom stereocenters. The Labute approximate surface area is 313 Å². The molecular formula is C41H78NO8P. The Hall–Kier alpha value is -1.51. The van der Waals surface area contributed by atoms with Crippen LogP contribution in [0.15, 0.2) is 24.3 Å². The largest absolute Gasteiger partial charge is 0.756 e. The first-order valence-corrected chi connectivity index (χ1v) is 22.0. The predicted octanol–water partition coefficient (Wildman–Crippen LogP) is 10.6. The van der Waals surface area contributed by atoms with Crippen LogP contribution in [0.5, 0.6) is 0 Å². The molecule has 0 aliphatic carbocycles. The highest BCUT2D eigenvalue weighted by atomic mass is 31.2. The van der Waals surface area contributed by atoms with Crippen LogP contribution in [0.4, 0.5) is 0 Å². The number of nitrogens with zero attached hydrogens (tertiary/aromatic N) is 1. The molecule has 51 heavy (non-hydrogen) atoms. The Morgan fingerprint density at radius 3 is 1.63 bits per heavy atom. The van der Waals surface area contributed by atoms with Crippen molar-refractivity contribution in [1.82, 2.24) is 0 Å². The topological polar surface area (TPSA) is 111 Å². The van der Waals surface area contributed by atoms with Crippen LogP contribution in [-0.2, 0) is 32.7 Å². The number of likely N-dealkylation sites (N-methyl/N-ethyl adjacent to an activating group) is 1. The zero-order valence-electron chi connectivity index (χ0n) is 33.6. The fraction of sp³-hybridized carbons (Fsp3) is 0.854. The summed E-state index contributed by atoms with van der Waals surface area (Å²) in [7, 11) is 1.16. The predicted molar refractivity (Wildman–Crippen MR) is 208 cm³/mol. The summed E-state index contributed by atoms with van der Waals surface area (Å²) in [5, 5.41) is 0. The molecule has 2 unspecified atom stereocenters. The highest BCUT2D eigenvalue weighted by molar-refractivity contribution is 7.45. The molecule has 0 heterocycles. The summed E-state index contributed by atoms with van der Waals surface area (Å²) in [4.78, 5) is 37.4. The Kier molecular flexibility index (Phi) is 33.3. The van der Waals surface area contributed by atoms with E-state index in [-0.39, 0.29) is 32.0 Å². The van der Waals surface area contributed by atoms with Crippen molar-refractivity contribution in [3.8, 4) is 0 Å². The summed E-state index contributed by atoms with van der Waals surface area (Å²) in [6, 6.07) is 0. The van der Waals surface area contributed by atoms with Gasteiger partial charge >= 0.3 is 11.9 Å². The molecule has 0 saturated carbocycles. The van der Waals surface area contributed by atoms with Gasteiger partial charge in [0.25, 0.3) is 7.82 Å². The van der Waals surface area contributed by atoms with Gasteiger partial charge in [0.05, 0.1) is 27.7 Å². The van der Waals surface area contributed by atoms with E-state index in [1.54, 1.807) is 0 Å². The molecule has 0 amide bonds. The van der Waals surface area contributed by atoms with Gasteiger partial charge in [-0.15, -0.1) is 0 Å². The number of rotatable bonds is 37. The second-order valence-electron chi connectivity index (χ2n) is 15.0. The maximum Gasteiger partial charge on any atom is 0.306 e. The molecule has 0 bridgehead atoms. The quantitative estimate of drug-likeness (QED) is 0.0203. The van der Waals surface area contributed by atoms with Crippen LogP contribution in [-0.4, -0.2) is 70.0 Å². The summed E-state index contributed by atoms with van der Waals surface area (Å²) >= 11 is 0. The van der Waals surface area contributed by atoms with Crippen LogP contribution in [0.25, 0.3) is 0 Å². The number of esters is 2. The van der Waals surface area contributed by atoms with E-state index < -0.39 is 26.5 Å². The Morgan fingerprint density at radius 1 is 0.608 bits per heavy atom. The molecule has 0 aliphatic heterocycles. The molecule has 9 nitrogen and oxygen atoms in total. The summed E-state index contributed by atoms with van der Waals surface area (Å²) < 4.78 is 33.8. The highest BCUT2D eigenvalue weighted by Gasteiger charge is 2.21. The lowest BCUT2D eigenvalue weighted by molar-refractivity contribution is -0.870. The van der Waals surface area contributed by atoms with E-state index in [0.717, 1.165) is 64.2 Å². The van der Waals surface area contributed by atoms with Crippen molar-refractivity contribution >= 4 is 19.8 Å². The standard InChI is InChI=1S/C41H78NO8P/c1-6-8-10-12-14-16-18-20-22-23-25-27-29-31-33-40(43)47-37-39(38-49-51(45,46)48-36-35-42(3,4)5)50-41(44)34-32-30-28-26-24-21-19-17-15-13-11-9-7-2/h11,13,17,19,39H,6-10,12,14-16,18,20-38H2,1-5H3/b13-11-,19-17-. The molecule has 0 N–H and O–H groups in total. The molecule has 0 aliphatic rings. The Morgan fingerprint density at radius 2 is 1.10 bits per heavy atom. The van der Waals surface area contributed by atoms with Gasteiger partial charge in [-0.1, -0.05) is 147 Å². The zero-order valence-corrected chi connectivity index (χ0v) is 34.4. The maximum absolute atomic E-state index is 12.6. The average molecular weight is 744 g/mol. The molecule has 0 radical (unpaired) electrons. The first kappa shape index (κ1) is 49.5. The molecule has 10 heteroatoms. The molecule has 0 aromatic rings. The van der Waals surface area contributed by atoms with Gasteiger partial charge in [-0.05, 0) is 38.5 Å². The average Bonchev–Trinajstić information content (AvgIpc) is 3.07. The minimum absolute atomic E-state index is 0.0322. The fourth-order valence-electron chi connectivity index (χ4n) is 5.46. The molecule has 300 valence electrons. The normalized spacial score (nSPS) is 13.9. The molecule has 0 aromatic heterocycles. The third kappa shape index (κ3) is 38.0. The van der Waals surface area contributed by atoms with Gasteiger partial charge in [0.1, 0.15) is 19.8 Å². The van der Waals surface area contributed by atoms with Crippen LogP contribution >= 0.6 is 7.82 Å². The maximum atomic E-state index is 12.6. The first-order chi connectivity index (χ1) is 24.5. The number of quaternary nitrogens is 1. The molecule has 0 aromatic carbocycles. The van der Waals surface area contributed by atoms with Crippen molar-refractivity contribution in [3.63, 3.8) is 0 Å². The highest BCUT2D eigenvalue weighted by Crippen LogP contribution is 2.38. The monoisotopic (exact) mass is 744 g/mol. The van der Waals surface area contributed by atoms with Gasteiger partial charge in [-0.3, -0.25) is 14.2 Å². The lowest BCUT2D eigenvalue weighted by atomic mass is 10.0. The minimum atomic E-state index is -4.62. The van der Waals surface area contributed by atoms with Gasteiger partial charge in [0, 0.05) is 12.8 Å². The number of carbonyl (C=O) groups is 2. The zero-order chi connectivity index (χ0) is 37.9. The molecule has 0 spiro atoms. The van der Waals surface area contributed by atoms with E-state index in [9.17, 15) is 19.0 Å². The Balaban J connectivity index is 4.40. The van der Waals surface area contributed by atoms with E-state index in [1.165, 1.54) is 77.0 Å². The number of phosphoric acid groups is 1. The van der Waals surface area contributed by atoms with Crippen LogP contribution in [0.1, 0.15) is 174 Å². The van der Waals surface area contributed by atoms with E-state index in [0.29, 0.717) is 17.4 Å². The third-order valence-electron chi connectivity index (χ3n) is 8.71. The number of carbonyl (C=O) groups excluding carboxylic acids is 2. The van der Waals surface area contributed by atoms with Crippen molar-refractivity contribution in [1.29, 1.82) is 0 Å². The second-order valence-corrected chi connectivity index (χ2v) is 16.4. The SMILES string of the molecule is CCC/C=C\C/C=C\CCCCCCCC(=O)OC(COC(=O)CCCCCCCCCCCCCCCC)COP(=O)([O-])OCC[N+](C)(C)C. The van der Waals surface area contributed by atoms with Crippen molar-refractivity contribution < 1.29 is 42.1 Å². The van der Waals surface area contributed by atoms with Crippen LogP contribution in [0.2, 0.25) is 0 Å². The van der Waals surface area contributed by atoms with Gasteiger partial charge in [0.2, 0.25) is 0 Å². The van der Waals surface area contributed by atoms with E-state index in [1.807, 2.05) is 21.1 Å². The minimum Gasteiger partial charge on any atom is -0.756 e. The molecule has 0 fully saturated rings. The van der Waals surface area contributed by atoms with Gasteiger partial charge < -0.3 is 27.9 Å². The number of ether oxygens (including phenoxy) is 2. The fourth-order valence-corrected chi connectivity index (χ4v) is 6.18. The van der Waals surface area contributed by atoms with Crippen LogP contribution in [0, 0.1) is 0 Å². The number of allylic oxidation sites excluding steroid dienone is 4. The molecular weight excluding hydrogens is 665 g/mol. The summed E-state index contributed by atoms with van der Waals surface area (Å²) in [5.74, 6) is -0.848. The van der Waals surface area contributed by atoms with Gasteiger partial charge in [-0.25, -0.2) is 0 Å². The number of unbranched alkanes of at least 4 members (excludes halogenated alkanes) is 19. The second kappa shape index (κ2) is 34.3. The summed E-state index contributed by atoms with van der Waals surface area (Å²) in [6.07, 6.45) is 34.8. The van der Waals surface area contributed by atoms with E-state index >= 15 is 0 Å².